The van der Waals surface area contributed by atoms with Crippen LogP contribution in [0, 0.1) is 0 Å². The minimum Gasteiger partial charge on any atom is -0.463 e. The van der Waals surface area contributed by atoms with Crippen molar-refractivity contribution in [1.29, 1.82) is 0 Å². The van der Waals surface area contributed by atoms with Gasteiger partial charge in [-0.05, 0) is 43.5 Å². The van der Waals surface area contributed by atoms with Gasteiger partial charge in [0.25, 0.3) is 0 Å². The zero-order chi connectivity index (χ0) is 21.1. The highest BCUT2D eigenvalue weighted by Gasteiger charge is 2.21. The fourth-order valence-electron chi connectivity index (χ4n) is 3.23. The van der Waals surface area contributed by atoms with Crippen molar-refractivity contribution in [3.8, 4) is 0 Å². The van der Waals surface area contributed by atoms with Gasteiger partial charge in [-0.3, -0.25) is 9.59 Å². The third-order valence-corrected chi connectivity index (χ3v) is 5.78. The van der Waals surface area contributed by atoms with Crippen LogP contribution in [0.15, 0.2) is 30.3 Å². The van der Waals surface area contributed by atoms with Crippen LogP contribution in [0.25, 0.3) is 6.08 Å². The van der Waals surface area contributed by atoms with Crippen molar-refractivity contribution in [3.05, 3.63) is 35.9 Å². The standard InChI is InChI=1S/C22H30N2O4S/c1-3-28-22(27)14-11-17-9-12-18(13-10-17)23-20(25)15-29-16-21(26)24(2)19-7-5-4-6-8-19/h9-14,19H,3-8,15-16H2,1-2H3,(H,23,25). The number of nitrogens with one attached hydrogen (secondary N) is 1. The monoisotopic (exact) mass is 418 g/mol. The van der Waals surface area contributed by atoms with E-state index in [1.54, 1.807) is 37.3 Å². The van der Waals surface area contributed by atoms with E-state index in [9.17, 15) is 14.4 Å². The number of ether oxygens (including phenoxy) is 1. The van der Waals surface area contributed by atoms with Crippen LogP contribution in [0.2, 0.25) is 0 Å². The molecule has 1 aliphatic rings. The number of esters is 1. The lowest BCUT2D eigenvalue weighted by Gasteiger charge is -2.31. The number of anilines is 1. The van der Waals surface area contributed by atoms with E-state index in [1.807, 2.05) is 11.9 Å². The maximum absolute atomic E-state index is 12.3. The third-order valence-electron chi connectivity index (χ3n) is 4.87. The van der Waals surface area contributed by atoms with Crippen LogP contribution in [-0.2, 0) is 19.1 Å². The number of hydrogen-bond acceptors (Lipinski definition) is 5. The smallest absolute Gasteiger partial charge is 0.330 e. The predicted octanol–water partition coefficient (Wildman–Crippen LogP) is 3.73. The van der Waals surface area contributed by atoms with Crippen molar-refractivity contribution in [1.82, 2.24) is 4.90 Å². The maximum atomic E-state index is 12.3. The van der Waals surface area contributed by atoms with Crippen molar-refractivity contribution in [2.45, 2.75) is 45.1 Å². The fourth-order valence-corrected chi connectivity index (χ4v) is 3.97. The quantitative estimate of drug-likeness (QED) is 0.489. The molecule has 1 N–H and O–H groups in total. The molecular weight excluding hydrogens is 388 g/mol. The zero-order valence-corrected chi connectivity index (χ0v) is 18.0. The SMILES string of the molecule is CCOC(=O)C=Cc1ccc(NC(=O)CSCC(=O)N(C)C2CCCCC2)cc1. The van der Waals surface area contributed by atoms with Gasteiger partial charge in [0.15, 0.2) is 0 Å². The largest absolute Gasteiger partial charge is 0.463 e. The average Bonchev–Trinajstić information content (AvgIpc) is 2.73. The van der Waals surface area contributed by atoms with Crippen LogP contribution >= 0.6 is 11.8 Å². The summed E-state index contributed by atoms with van der Waals surface area (Å²) in [5, 5.41) is 2.82. The Labute approximate surface area is 177 Å². The second kappa shape index (κ2) is 12.3. The summed E-state index contributed by atoms with van der Waals surface area (Å²) < 4.78 is 4.83. The van der Waals surface area contributed by atoms with Gasteiger partial charge in [-0.15, -0.1) is 11.8 Å². The normalized spacial score (nSPS) is 14.6. The van der Waals surface area contributed by atoms with Crippen LogP contribution in [-0.4, -0.2) is 53.9 Å². The number of thioether (sulfide) groups is 1. The molecule has 0 heterocycles. The van der Waals surface area contributed by atoms with E-state index in [1.165, 1.54) is 37.1 Å². The van der Waals surface area contributed by atoms with Gasteiger partial charge in [-0.1, -0.05) is 31.4 Å². The lowest BCUT2D eigenvalue weighted by molar-refractivity contribution is -0.137. The summed E-state index contributed by atoms with van der Waals surface area (Å²) in [6.07, 6.45) is 8.83. The summed E-state index contributed by atoms with van der Waals surface area (Å²) in [5.74, 6) is 0.114. The minimum absolute atomic E-state index is 0.0902. The first-order valence-corrected chi connectivity index (χ1v) is 11.2. The van der Waals surface area contributed by atoms with E-state index >= 15 is 0 Å². The van der Waals surface area contributed by atoms with Gasteiger partial charge in [0.1, 0.15) is 0 Å². The Hall–Kier alpha value is -2.28. The maximum Gasteiger partial charge on any atom is 0.330 e. The second-order valence-electron chi connectivity index (χ2n) is 7.04. The van der Waals surface area contributed by atoms with Gasteiger partial charge in [0.05, 0.1) is 18.1 Å². The molecule has 1 saturated carbocycles. The molecule has 29 heavy (non-hydrogen) atoms. The van der Waals surface area contributed by atoms with Crippen LogP contribution in [0.5, 0.6) is 0 Å². The Morgan fingerprint density at radius 2 is 1.83 bits per heavy atom. The number of benzene rings is 1. The molecule has 0 bridgehead atoms. The van der Waals surface area contributed by atoms with Crippen molar-refractivity contribution in [2.24, 2.45) is 0 Å². The first kappa shape index (κ1) is 23.0. The Morgan fingerprint density at radius 1 is 1.14 bits per heavy atom. The van der Waals surface area contributed by atoms with Gasteiger partial charge in [-0.2, -0.15) is 0 Å². The molecule has 0 spiro atoms. The molecule has 1 aromatic carbocycles. The van der Waals surface area contributed by atoms with Crippen LogP contribution < -0.4 is 5.32 Å². The molecule has 1 aliphatic carbocycles. The van der Waals surface area contributed by atoms with E-state index < -0.39 is 0 Å². The van der Waals surface area contributed by atoms with Crippen LogP contribution in [0.3, 0.4) is 0 Å². The molecule has 0 atom stereocenters. The molecule has 0 unspecified atom stereocenters. The third kappa shape index (κ3) is 8.31. The molecule has 1 aromatic rings. The molecule has 0 aliphatic heterocycles. The fraction of sp³-hybridized carbons (Fsp3) is 0.500. The summed E-state index contributed by atoms with van der Waals surface area (Å²) in [4.78, 5) is 37.6. The van der Waals surface area contributed by atoms with Gasteiger partial charge in [0, 0.05) is 24.9 Å². The van der Waals surface area contributed by atoms with E-state index in [0.717, 1.165) is 18.4 Å². The lowest BCUT2D eigenvalue weighted by atomic mass is 9.94. The Morgan fingerprint density at radius 3 is 2.48 bits per heavy atom. The van der Waals surface area contributed by atoms with Crippen molar-refractivity contribution in [2.75, 3.05) is 30.5 Å². The zero-order valence-electron chi connectivity index (χ0n) is 17.2. The number of amides is 2. The van der Waals surface area contributed by atoms with E-state index in [-0.39, 0.29) is 23.5 Å². The first-order chi connectivity index (χ1) is 14.0. The number of carbonyl (C=O) groups excluding carboxylic acids is 3. The molecule has 0 saturated heterocycles. The van der Waals surface area contributed by atoms with Gasteiger partial charge >= 0.3 is 5.97 Å². The highest BCUT2D eigenvalue weighted by molar-refractivity contribution is 8.00. The molecule has 2 rings (SSSR count). The van der Waals surface area contributed by atoms with E-state index in [0.29, 0.717) is 24.1 Å². The lowest BCUT2D eigenvalue weighted by Crippen LogP contribution is -2.39. The highest BCUT2D eigenvalue weighted by Crippen LogP contribution is 2.22. The summed E-state index contributed by atoms with van der Waals surface area (Å²) in [6, 6.07) is 7.51. The summed E-state index contributed by atoms with van der Waals surface area (Å²) in [6.45, 7) is 2.10. The topological polar surface area (TPSA) is 75.7 Å². The predicted molar refractivity (Wildman–Crippen MR) is 118 cm³/mol. The highest BCUT2D eigenvalue weighted by atomic mass is 32.2. The Balaban J connectivity index is 1.70. The average molecular weight is 419 g/mol. The minimum atomic E-state index is -0.384. The molecule has 1 fully saturated rings. The molecule has 2 amide bonds. The molecular formula is C22H30N2O4S. The molecule has 7 heteroatoms. The van der Waals surface area contributed by atoms with Gasteiger partial charge in [0.2, 0.25) is 11.8 Å². The summed E-state index contributed by atoms with van der Waals surface area (Å²) in [7, 11) is 1.87. The van der Waals surface area contributed by atoms with Crippen molar-refractivity contribution in [3.63, 3.8) is 0 Å². The van der Waals surface area contributed by atoms with Crippen molar-refractivity contribution < 1.29 is 19.1 Å². The Bertz CT molecular complexity index is 712. The van der Waals surface area contributed by atoms with E-state index in [4.69, 9.17) is 4.74 Å². The molecule has 158 valence electrons. The van der Waals surface area contributed by atoms with Crippen molar-refractivity contribution >= 4 is 41.3 Å². The summed E-state index contributed by atoms with van der Waals surface area (Å²) >= 11 is 1.33. The molecule has 0 aromatic heterocycles. The number of hydrogen-bond donors (Lipinski definition) is 1. The number of carbonyl (C=O) groups is 3. The van der Waals surface area contributed by atoms with E-state index in [2.05, 4.69) is 5.32 Å². The molecule has 0 radical (unpaired) electrons. The Kier molecular flexibility index (Phi) is 9.77. The van der Waals surface area contributed by atoms with Gasteiger partial charge < -0.3 is 15.0 Å². The summed E-state index contributed by atoms with van der Waals surface area (Å²) in [5.41, 5.74) is 1.51. The number of nitrogens with zero attached hydrogens (tertiary/aromatic N) is 1. The first-order valence-electron chi connectivity index (χ1n) is 10.1. The van der Waals surface area contributed by atoms with Gasteiger partial charge in [-0.25, -0.2) is 4.79 Å². The van der Waals surface area contributed by atoms with Crippen LogP contribution in [0.1, 0.15) is 44.6 Å². The van der Waals surface area contributed by atoms with Crippen LogP contribution in [0.4, 0.5) is 5.69 Å². The second-order valence-corrected chi connectivity index (χ2v) is 8.03. The molecule has 6 nitrogen and oxygen atoms in total. The number of rotatable bonds is 9.